The lowest BCUT2D eigenvalue weighted by Crippen LogP contribution is -2.28. The summed E-state index contributed by atoms with van der Waals surface area (Å²) in [6, 6.07) is 7.34. The molecule has 0 aliphatic carbocycles. The van der Waals surface area contributed by atoms with Crippen molar-refractivity contribution in [3.63, 3.8) is 0 Å². The quantitative estimate of drug-likeness (QED) is 0.635. The highest BCUT2D eigenvalue weighted by molar-refractivity contribution is 5.21. The van der Waals surface area contributed by atoms with Gasteiger partial charge in [-0.3, -0.25) is 0 Å². The van der Waals surface area contributed by atoms with Crippen molar-refractivity contribution in [2.24, 2.45) is 0 Å². The van der Waals surface area contributed by atoms with E-state index in [9.17, 15) is 4.39 Å². The van der Waals surface area contributed by atoms with Gasteiger partial charge >= 0.3 is 0 Å². The Balaban J connectivity index is 2.45. The van der Waals surface area contributed by atoms with Crippen LogP contribution in [0.4, 0.5) is 4.39 Å². The molecule has 4 heteroatoms. The molecule has 21 heavy (non-hydrogen) atoms. The molecule has 0 radical (unpaired) electrons. The second kappa shape index (κ2) is 10.7. The van der Waals surface area contributed by atoms with E-state index in [2.05, 4.69) is 19.2 Å². The van der Waals surface area contributed by atoms with E-state index in [1.165, 1.54) is 6.07 Å². The minimum Gasteiger partial charge on any atom is -0.382 e. The van der Waals surface area contributed by atoms with Gasteiger partial charge in [0.25, 0.3) is 0 Å². The number of benzene rings is 1. The summed E-state index contributed by atoms with van der Waals surface area (Å²) in [5.41, 5.74) is 1.06. The molecule has 1 aromatic rings. The summed E-state index contributed by atoms with van der Waals surface area (Å²) >= 11 is 0. The van der Waals surface area contributed by atoms with Crippen molar-refractivity contribution in [3.8, 4) is 0 Å². The molecule has 0 saturated heterocycles. The molecule has 0 amide bonds. The molecule has 0 aliphatic heterocycles. The maximum Gasteiger partial charge on any atom is 0.123 e. The first kappa shape index (κ1) is 18.1. The first-order chi connectivity index (χ1) is 10.1. The largest absolute Gasteiger partial charge is 0.382 e. The third-order valence-corrected chi connectivity index (χ3v) is 3.37. The Labute approximate surface area is 127 Å². The van der Waals surface area contributed by atoms with Crippen LogP contribution >= 0.6 is 0 Å². The Morgan fingerprint density at radius 1 is 1.19 bits per heavy atom. The highest BCUT2D eigenvalue weighted by atomic mass is 19.1. The predicted octanol–water partition coefficient (Wildman–Crippen LogP) is 3.35. The van der Waals surface area contributed by atoms with Gasteiger partial charge in [-0.25, -0.2) is 4.39 Å². The molecule has 0 heterocycles. The van der Waals surface area contributed by atoms with Crippen LogP contribution in [0.15, 0.2) is 24.3 Å². The van der Waals surface area contributed by atoms with Gasteiger partial charge in [-0.15, -0.1) is 0 Å². The molecule has 1 rings (SSSR count). The van der Waals surface area contributed by atoms with Crippen molar-refractivity contribution >= 4 is 0 Å². The lowest BCUT2D eigenvalue weighted by Gasteiger charge is -2.20. The van der Waals surface area contributed by atoms with E-state index in [1.807, 2.05) is 6.07 Å². The second-order valence-corrected chi connectivity index (χ2v) is 5.56. The fraction of sp³-hybridized carbons (Fsp3) is 0.647. The molecule has 0 bridgehead atoms. The molecular formula is C17H28FNO2. The fourth-order valence-corrected chi connectivity index (χ4v) is 2.20. The zero-order valence-corrected chi connectivity index (χ0v) is 13.4. The van der Waals surface area contributed by atoms with Crippen molar-refractivity contribution in [2.45, 2.75) is 38.6 Å². The highest BCUT2D eigenvalue weighted by Gasteiger charge is 2.12. The molecule has 0 aliphatic rings. The van der Waals surface area contributed by atoms with E-state index >= 15 is 0 Å². The first-order valence-electron chi connectivity index (χ1n) is 7.69. The zero-order valence-electron chi connectivity index (χ0n) is 13.4. The summed E-state index contributed by atoms with van der Waals surface area (Å²) < 4.78 is 23.8. The molecule has 1 unspecified atom stereocenters. The monoisotopic (exact) mass is 297 g/mol. The molecule has 1 atom stereocenters. The SMILES string of the molecule is COCCOCCCC(CNC(C)C)c1cccc(F)c1. The van der Waals surface area contributed by atoms with Crippen LogP contribution in [-0.2, 0) is 9.47 Å². The Morgan fingerprint density at radius 3 is 2.67 bits per heavy atom. The van der Waals surface area contributed by atoms with Gasteiger partial charge in [0, 0.05) is 26.3 Å². The molecular weight excluding hydrogens is 269 g/mol. The number of hydrogen-bond acceptors (Lipinski definition) is 3. The fourth-order valence-electron chi connectivity index (χ4n) is 2.20. The Hall–Kier alpha value is -0.970. The zero-order chi connectivity index (χ0) is 15.5. The van der Waals surface area contributed by atoms with E-state index in [1.54, 1.807) is 19.2 Å². The van der Waals surface area contributed by atoms with Gasteiger partial charge in [0.1, 0.15) is 5.82 Å². The third-order valence-electron chi connectivity index (χ3n) is 3.37. The second-order valence-electron chi connectivity index (χ2n) is 5.56. The summed E-state index contributed by atoms with van der Waals surface area (Å²) in [4.78, 5) is 0. The summed E-state index contributed by atoms with van der Waals surface area (Å²) in [7, 11) is 1.67. The molecule has 120 valence electrons. The molecule has 3 nitrogen and oxygen atoms in total. The van der Waals surface area contributed by atoms with Crippen LogP contribution in [-0.4, -0.2) is 39.5 Å². The lowest BCUT2D eigenvalue weighted by atomic mass is 9.94. The number of ether oxygens (including phenoxy) is 2. The van der Waals surface area contributed by atoms with E-state index < -0.39 is 0 Å². The van der Waals surface area contributed by atoms with E-state index in [0.29, 0.717) is 25.2 Å². The van der Waals surface area contributed by atoms with Crippen LogP contribution in [0.2, 0.25) is 0 Å². The lowest BCUT2D eigenvalue weighted by molar-refractivity contribution is 0.0681. The summed E-state index contributed by atoms with van der Waals surface area (Å²) in [6.45, 7) is 7.08. The van der Waals surface area contributed by atoms with Gasteiger partial charge in [0.05, 0.1) is 13.2 Å². The highest BCUT2D eigenvalue weighted by Crippen LogP contribution is 2.21. The molecule has 1 N–H and O–H groups in total. The molecule has 0 saturated carbocycles. The van der Waals surface area contributed by atoms with Crippen molar-refractivity contribution in [2.75, 3.05) is 33.5 Å². The number of rotatable bonds is 11. The Bertz CT molecular complexity index is 385. The van der Waals surface area contributed by atoms with Crippen LogP contribution in [0.3, 0.4) is 0 Å². The molecule has 0 spiro atoms. The average molecular weight is 297 g/mol. The number of hydrogen-bond donors (Lipinski definition) is 1. The Kier molecular flexibility index (Phi) is 9.22. The number of halogens is 1. The van der Waals surface area contributed by atoms with Gasteiger partial charge < -0.3 is 14.8 Å². The van der Waals surface area contributed by atoms with E-state index in [4.69, 9.17) is 9.47 Å². The van der Waals surface area contributed by atoms with Crippen molar-refractivity contribution < 1.29 is 13.9 Å². The summed E-state index contributed by atoms with van der Waals surface area (Å²) in [5.74, 6) is 0.146. The predicted molar refractivity (Wildman–Crippen MR) is 84.2 cm³/mol. The van der Waals surface area contributed by atoms with Crippen LogP contribution < -0.4 is 5.32 Å². The van der Waals surface area contributed by atoms with Crippen LogP contribution in [0.1, 0.15) is 38.2 Å². The van der Waals surface area contributed by atoms with Gasteiger partial charge in [-0.1, -0.05) is 26.0 Å². The van der Waals surface area contributed by atoms with E-state index in [-0.39, 0.29) is 5.82 Å². The standard InChI is InChI=1S/C17H28FNO2/c1-14(2)19-13-16(7-5-9-21-11-10-20-3)15-6-4-8-17(18)12-15/h4,6,8,12,14,16,19H,5,7,9-11,13H2,1-3H3. The normalized spacial score (nSPS) is 12.8. The van der Waals surface area contributed by atoms with Crippen molar-refractivity contribution in [3.05, 3.63) is 35.6 Å². The Morgan fingerprint density at radius 2 is 2.00 bits per heavy atom. The summed E-state index contributed by atoms with van der Waals surface area (Å²) in [6.07, 6.45) is 1.95. The third kappa shape index (κ3) is 8.15. The van der Waals surface area contributed by atoms with Crippen molar-refractivity contribution in [1.82, 2.24) is 5.32 Å². The van der Waals surface area contributed by atoms with Gasteiger partial charge in [0.2, 0.25) is 0 Å². The van der Waals surface area contributed by atoms with Gasteiger partial charge in [-0.05, 0) is 36.5 Å². The number of methoxy groups -OCH3 is 1. The average Bonchev–Trinajstić information content (AvgIpc) is 2.45. The molecule has 0 fully saturated rings. The van der Waals surface area contributed by atoms with Crippen molar-refractivity contribution in [1.29, 1.82) is 0 Å². The first-order valence-corrected chi connectivity index (χ1v) is 7.69. The summed E-state index contributed by atoms with van der Waals surface area (Å²) in [5, 5.41) is 3.44. The van der Waals surface area contributed by atoms with Crippen LogP contribution in [0.25, 0.3) is 0 Å². The molecule has 0 aromatic heterocycles. The van der Waals surface area contributed by atoms with Gasteiger partial charge in [0.15, 0.2) is 0 Å². The van der Waals surface area contributed by atoms with Crippen LogP contribution in [0.5, 0.6) is 0 Å². The topological polar surface area (TPSA) is 30.5 Å². The van der Waals surface area contributed by atoms with Gasteiger partial charge in [-0.2, -0.15) is 0 Å². The maximum atomic E-state index is 13.4. The van der Waals surface area contributed by atoms with Crippen LogP contribution in [0, 0.1) is 5.82 Å². The molecule has 1 aromatic carbocycles. The minimum absolute atomic E-state index is 0.168. The number of nitrogens with one attached hydrogen (secondary N) is 1. The van der Waals surface area contributed by atoms with E-state index in [0.717, 1.165) is 31.6 Å². The maximum absolute atomic E-state index is 13.4. The minimum atomic E-state index is -0.168. The smallest absolute Gasteiger partial charge is 0.123 e.